The third-order valence-electron chi connectivity index (χ3n) is 2.95. The molecule has 2 aromatic carbocycles. The summed E-state index contributed by atoms with van der Waals surface area (Å²) in [5, 5.41) is 0.333. The number of benzene rings is 2. The molecule has 0 fully saturated rings. The fourth-order valence-corrected chi connectivity index (χ4v) is 2.83. The average molecular weight is 283 g/mol. The van der Waals surface area contributed by atoms with E-state index in [0.29, 0.717) is 5.02 Å². The first kappa shape index (κ1) is 13.4. The molecule has 0 nitrogen and oxygen atoms in total. The standard InChI is InChI=1S/C15H13Cl2F/c1-9-6-13(18)7-10(2)14(9)15(17)11-4-3-5-12(16)8-11/h3-8,15H,1-2H3. The minimum absolute atomic E-state index is 0.233. The van der Waals surface area contributed by atoms with Gasteiger partial charge in [-0.1, -0.05) is 23.7 Å². The fourth-order valence-electron chi connectivity index (χ4n) is 2.15. The highest BCUT2D eigenvalue weighted by atomic mass is 35.5. The summed E-state index contributed by atoms with van der Waals surface area (Å²) >= 11 is 12.4. The summed E-state index contributed by atoms with van der Waals surface area (Å²) in [5.41, 5.74) is 3.57. The summed E-state index contributed by atoms with van der Waals surface area (Å²) in [6.07, 6.45) is 0. The van der Waals surface area contributed by atoms with Gasteiger partial charge in [-0.25, -0.2) is 4.39 Å². The highest BCUT2D eigenvalue weighted by Crippen LogP contribution is 2.34. The Balaban J connectivity index is 2.49. The van der Waals surface area contributed by atoms with Gasteiger partial charge in [0.25, 0.3) is 0 Å². The lowest BCUT2D eigenvalue weighted by Gasteiger charge is -2.16. The zero-order valence-corrected chi connectivity index (χ0v) is 11.7. The highest BCUT2D eigenvalue weighted by molar-refractivity contribution is 6.30. The van der Waals surface area contributed by atoms with E-state index in [9.17, 15) is 4.39 Å². The quantitative estimate of drug-likeness (QED) is 0.645. The maximum atomic E-state index is 13.3. The number of aryl methyl sites for hydroxylation is 2. The van der Waals surface area contributed by atoms with Gasteiger partial charge in [0.2, 0.25) is 0 Å². The van der Waals surface area contributed by atoms with Crippen LogP contribution in [-0.4, -0.2) is 0 Å². The predicted octanol–water partition coefficient (Wildman–Crippen LogP) is 5.42. The van der Waals surface area contributed by atoms with Gasteiger partial charge in [-0.2, -0.15) is 0 Å². The van der Waals surface area contributed by atoms with Crippen molar-refractivity contribution in [1.29, 1.82) is 0 Å². The molecule has 1 atom stereocenters. The molecule has 0 aromatic heterocycles. The minimum atomic E-state index is -0.315. The number of hydrogen-bond acceptors (Lipinski definition) is 0. The number of rotatable bonds is 2. The summed E-state index contributed by atoms with van der Waals surface area (Å²) in [7, 11) is 0. The van der Waals surface area contributed by atoms with Crippen LogP contribution in [0.1, 0.15) is 27.6 Å². The summed E-state index contributed by atoms with van der Waals surface area (Å²) in [4.78, 5) is 0. The molecule has 0 spiro atoms. The van der Waals surface area contributed by atoms with E-state index < -0.39 is 0 Å². The number of hydrogen-bond donors (Lipinski definition) is 0. The highest BCUT2D eigenvalue weighted by Gasteiger charge is 2.16. The Hall–Kier alpha value is -1.05. The van der Waals surface area contributed by atoms with Crippen LogP contribution < -0.4 is 0 Å². The summed E-state index contributed by atoms with van der Waals surface area (Å²) < 4.78 is 13.3. The van der Waals surface area contributed by atoms with E-state index >= 15 is 0 Å². The second kappa shape index (κ2) is 5.29. The normalized spacial score (nSPS) is 12.5. The van der Waals surface area contributed by atoms with Gasteiger partial charge in [0, 0.05) is 5.02 Å². The molecule has 3 heteroatoms. The van der Waals surface area contributed by atoms with Gasteiger partial charge < -0.3 is 0 Å². The van der Waals surface area contributed by atoms with Crippen LogP contribution in [0.4, 0.5) is 4.39 Å². The largest absolute Gasteiger partial charge is 0.207 e. The molecule has 1 unspecified atom stereocenters. The molecule has 0 aliphatic heterocycles. The van der Waals surface area contributed by atoms with Crippen LogP contribution in [0.15, 0.2) is 36.4 Å². The lowest BCUT2D eigenvalue weighted by molar-refractivity contribution is 0.624. The van der Waals surface area contributed by atoms with Crippen molar-refractivity contribution in [1.82, 2.24) is 0 Å². The van der Waals surface area contributed by atoms with E-state index in [1.807, 2.05) is 32.0 Å². The molecule has 0 saturated carbocycles. The molecule has 18 heavy (non-hydrogen) atoms. The molecular weight excluding hydrogens is 270 g/mol. The molecule has 0 aliphatic rings. The van der Waals surface area contributed by atoms with E-state index in [1.165, 1.54) is 12.1 Å². The molecule has 0 N–H and O–H groups in total. The Morgan fingerprint density at radius 1 is 1.06 bits per heavy atom. The second-order valence-corrected chi connectivity index (χ2v) is 5.24. The fraction of sp³-hybridized carbons (Fsp3) is 0.200. The maximum absolute atomic E-state index is 13.3. The van der Waals surface area contributed by atoms with Crippen LogP contribution >= 0.6 is 23.2 Å². The Bertz CT molecular complexity index is 555. The molecule has 2 aromatic rings. The van der Waals surface area contributed by atoms with Crippen molar-refractivity contribution < 1.29 is 4.39 Å². The van der Waals surface area contributed by atoms with Crippen molar-refractivity contribution in [3.8, 4) is 0 Å². The van der Waals surface area contributed by atoms with Crippen molar-refractivity contribution in [2.75, 3.05) is 0 Å². The Morgan fingerprint density at radius 3 is 2.22 bits per heavy atom. The number of alkyl halides is 1. The summed E-state index contributed by atoms with van der Waals surface area (Å²) in [6.45, 7) is 3.73. The molecular formula is C15H13Cl2F. The lowest BCUT2D eigenvalue weighted by Crippen LogP contribution is -2.00. The van der Waals surface area contributed by atoms with E-state index in [-0.39, 0.29) is 11.2 Å². The second-order valence-electron chi connectivity index (χ2n) is 4.37. The third kappa shape index (κ3) is 2.68. The van der Waals surface area contributed by atoms with Crippen LogP contribution in [0.5, 0.6) is 0 Å². The molecule has 0 radical (unpaired) electrons. The summed E-state index contributed by atoms with van der Waals surface area (Å²) in [5.74, 6) is -0.233. The maximum Gasteiger partial charge on any atom is 0.123 e. The van der Waals surface area contributed by atoms with Crippen LogP contribution in [-0.2, 0) is 0 Å². The first-order chi connectivity index (χ1) is 8.49. The molecule has 0 bridgehead atoms. The monoisotopic (exact) mass is 282 g/mol. The predicted molar refractivity (Wildman–Crippen MR) is 75.0 cm³/mol. The van der Waals surface area contributed by atoms with Gasteiger partial charge in [-0.15, -0.1) is 11.6 Å². The Morgan fingerprint density at radius 2 is 1.67 bits per heavy atom. The van der Waals surface area contributed by atoms with E-state index in [0.717, 1.165) is 22.3 Å². The first-order valence-electron chi connectivity index (χ1n) is 5.65. The average Bonchev–Trinajstić information content (AvgIpc) is 2.27. The SMILES string of the molecule is Cc1cc(F)cc(C)c1C(Cl)c1cccc(Cl)c1. The van der Waals surface area contributed by atoms with Crippen molar-refractivity contribution in [3.05, 3.63) is 69.5 Å². The first-order valence-corrected chi connectivity index (χ1v) is 6.46. The molecule has 0 heterocycles. The zero-order valence-electron chi connectivity index (χ0n) is 10.2. The Labute approximate surface area is 116 Å². The van der Waals surface area contributed by atoms with Crippen LogP contribution in [0.2, 0.25) is 5.02 Å². The van der Waals surface area contributed by atoms with Gasteiger partial charge in [0.15, 0.2) is 0 Å². The third-order valence-corrected chi connectivity index (χ3v) is 3.66. The van der Waals surface area contributed by atoms with Gasteiger partial charge in [0.05, 0.1) is 5.38 Å². The topological polar surface area (TPSA) is 0 Å². The number of halogens is 3. The van der Waals surface area contributed by atoms with Crippen molar-refractivity contribution in [2.24, 2.45) is 0 Å². The van der Waals surface area contributed by atoms with Crippen LogP contribution in [0.3, 0.4) is 0 Å². The summed E-state index contributed by atoms with van der Waals surface area (Å²) in [6, 6.07) is 10.4. The van der Waals surface area contributed by atoms with Crippen molar-refractivity contribution >= 4 is 23.2 Å². The van der Waals surface area contributed by atoms with Gasteiger partial charge in [-0.3, -0.25) is 0 Å². The van der Waals surface area contributed by atoms with Gasteiger partial charge in [0.1, 0.15) is 5.82 Å². The molecule has 2 rings (SSSR count). The smallest absolute Gasteiger partial charge is 0.123 e. The van der Waals surface area contributed by atoms with E-state index in [1.54, 1.807) is 6.07 Å². The lowest BCUT2D eigenvalue weighted by atomic mass is 9.95. The molecule has 0 saturated heterocycles. The van der Waals surface area contributed by atoms with E-state index in [4.69, 9.17) is 23.2 Å². The molecule has 94 valence electrons. The minimum Gasteiger partial charge on any atom is -0.207 e. The van der Waals surface area contributed by atoms with Crippen LogP contribution in [0, 0.1) is 19.7 Å². The molecule has 0 amide bonds. The Kier molecular flexibility index (Phi) is 3.94. The van der Waals surface area contributed by atoms with Gasteiger partial charge in [-0.05, 0) is 60.4 Å². The van der Waals surface area contributed by atoms with Crippen LogP contribution in [0.25, 0.3) is 0 Å². The van der Waals surface area contributed by atoms with Crippen molar-refractivity contribution in [2.45, 2.75) is 19.2 Å². The van der Waals surface area contributed by atoms with E-state index in [2.05, 4.69) is 0 Å². The molecule has 0 aliphatic carbocycles. The van der Waals surface area contributed by atoms with Crippen molar-refractivity contribution in [3.63, 3.8) is 0 Å². The zero-order chi connectivity index (χ0) is 13.3. The van der Waals surface area contributed by atoms with Gasteiger partial charge >= 0.3 is 0 Å².